The first kappa shape index (κ1) is 46.4. The highest BCUT2D eigenvalue weighted by molar-refractivity contribution is 4.97. The van der Waals surface area contributed by atoms with E-state index in [1.807, 2.05) is 0 Å². The van der Waals surface area contributed by atoms with Crippen LogP contribution in [0.5, 0.6) is 0 Å². The van der Waals surface area contributed by atoms with Gasteiger partial charge in [0.2, 0.25) is 0 Å². The van der Waals surface area contributed by atoms with E-state index in [4.69, 9.17) is 0 Å². The minimum absolute atomic E-state index is 0.637. The molecule has 0 N–H and O–H groups in total. The van der Waals surface area contributed by atoms with Crippen molar-refractivity contribution in [3.8, 4) is 0 Å². The lowest BCUT2D eigenvalue weighted by Crippen LogP contribution is -2.39. The smallest absolute Gasteiger partial charge is 0.101 e. The third-order valence-corrected chi connectivity index (χ3v) is 11.6. The molecule has 292 valence electrons. The molecule has 0 amide bonds. The van der Waals surface area contributed by atoms with Gasteiger partial charge in [-0.15, -0.1) is 0 Å². The Morgan fingerprint density at radius 3 is 0.714 bits per heavy atom. The number of unbranched alkanes of at least 4 members (excludes halogenated alkanes) is 35. The normalized spacial score (nSPS) is 14.6. The summed E-state index contributed by atoms with van der Waals surface area (Å²) < 4.78 is 0. The van der Waals surface area contributed by atoms with Crippen LogP contribution < -0.4 is 0 Å². The van der Waals surface area contributed by atoms with E-state index < -0.39 is 0 Å². The summed E-state index contributed by atoms with van der Waals surface area (Å²) >= 11 is 0. The van der Waals surface area contributed by atoms with Crippen molar-refractivity contribution < 1.29 is 0 Å². The highest BCUT2D eigenvalue weighted by Crippen LogP contribution is 2.24. The van der Waals surface area contributed by atoms with Gasteiger partial charge in [-0.2, -0.15) is 0 Å². The molecular formula is C47H94N2. The van der Waals surface area contributed by atoms with E-state index in [9.17, 15) is 0 Å². The second-order valence-electron chi connectivity index (χ2n) is 16.4. The Bertz CT molecular complexity index is 644. The third-order valence-electron chi connectivity index (χ3n) is 11.6. The van der Waals surface area contributed by atoms with E-state index in [0.717, 1.165) is 0 Å². The van der Waals surface area contributed by atoms with Crippen LogP contribution in [0.25, 0.3) is 0 Å². The summed E-state index contributed by atoms with van der Waals surface area (Å²) in [5.41, 5.74) is 0. The number of hydrogen-bond acceptors (Lipinski definition) is 2. The largest absolute Gasteiger partial charge is 0.356 e. The van der Waals surface area contributed by atoms with E-state index in [0.29, 0.717) is 6.17 Å². The predicted octanol–water partition coefficient (Wildman–Crippen LogP) is 16.7. The van der Waals surface area contributed by atoms with Gasteiger partial charge in [0.1, 0.15) is 6.17 Å². The van der Waals surface area contributed by atoms with Gasteiger partial charge < -0.3 is 9.80 Å². The fourth-order valence-electron chi connectivity index (χ4n) is 8.13. The molecule has 0 radical (unpaired) electrons. The van der Waals surface area contributed by atoms with Crippen molar-refractivity contribution in [2.75, 3.05) is 13.1 Å². The Balaban J connectivity index is 2.21. The van der Waals surface area contributed by atoms with Gasteiger partial charge in [-0.05, 0) is 25.7 Å². The van der Waals surface area contributed by atoms with Crippen LogP contribution in [0.1, 0.15) is 271 Å². The van der Waals surface area contributed by atoms with Crippen molar-refractivity contribution in [3.05, 3.63) is 12.4 Å². The molecule has 1 aliphatic rings. The molecule has 0 saturated carbocycles. The van der Waals surface area contributed by atoms with Gasteiger partial charge in [-0.25, -0.2) is 0 Å². The summed E-state index contributed by atoms with van der Waals surface area (Å²) in [6.07, 6.45) is 61.9. The summed E-state index contributed by atoms with van der Waals surface area (Å²) in [6.45, 7) is 9.49. The van der Waals surface area contributed by atoms with Crippen LogP contribution >= 0.6 is 0 Å². The van der Waals surface area contributed by atoms with Gasteiger partial charge in [0, 0.05) is 25.5 Å². The van der Waals surface area contributed by atoms with Crippen molar-refractivity contribution in [2.24, 2.45) is 0 Å². The van der Waals surface area contributed by atoms with Crippen LogP contribution in [0.4, 0.5) is 0 Å². The van der Waals surface area contributed by atoms with Gasteiger partial charge >= 0.3 is 0 Å². The molecule has 1 atom stereocenters. The number of hydrogen-bond donors (Lipinski definition) is 0. The number of rotatable bonds is 41. The average molecular weight is 687 g/mol. The van der Waals surface area contributed by atoms with E-state index in [1.54, 1.807) is 0 Å². The molecule has 0 saturated heterocycles. The Kier molecular flexibility index (Phi) is 36.5. The second kappa shape index (κ2) is 38.6. The second-order valence-corrected chi connectivity index (χ2v) is 16.4. The van der Waals surface area contributed by atoms with Crippen LogP contribution in [0.3, 0.4) is 0 Å². The monoisotopic (exact) mass is 687 g/mol. The van der Waals surface area contributed by atoms with Crippen LogP contribution in [-0.2, 0) is 0 Å². The Labute approximate surface area is 311 Å². The molecule has 1 unspecified atom stereocenters. The van der Waals surface area contributed by atoms with Crippen molar-refractivity contribution in [1.29, 1.82) is 0 Å². The summed E-state index contributed by atoms with van der Waals surface area (Å²) in [4.78, 5) is 5.47. The van der Waals surface area contributed by atoms with Crippen LogP contribution in [0.15, 0.2) is 12.4 Å². The molecule has 1 heterocycles. The fourth-order valence-corrected chi connectivity index (χ4v) is 8.13. The highest BCUT2D eigenvalue weighted by Gasteiger charge is 2.24. The zero-order valence-corrected chi connectivity index (χ0v) is 34.6. The highest BCUT2D eigenvalue weighted by atomic mass is 15.4. The molecule has 0 spiro atoms. The first-order valence-corrected chi connectivity index (χ1v) is 23.5. The maximum atomic E-state index is 2.73. The molecule has 2 heteroatoms. The van der Waals surface area contributed by atoms with Gasteiger partial charge in [0.05, 0.1) is 0 Å². The molecule has 0 aliphatic carbocycles. The molecule has 0 fully saturated rings. The van der Waals surface area contributed by atoms with Crippen LogP contribution in [-0.4, -0.2) is 29.1 Å². The van der Waals surface area contributed by atoms with Gasteiger partial charge in [-0.1, -0.05) is 245 Å². The topological polar surface area (TPSA) is 6.48 Å². The Morgan fingerprint density at radius 1 is 0.265 bits per heavy atom. The summed E-state index contributed by atoms with van der Waals surface area (Å²) in [5, 5.41) is 0. The molecule has 0 aromatic heterocycles. The zero-order chi connectivity index (χ0) is 35.1. The first-order valence-electron chi connectivity index (χ1n) is 23.5. The van der Waals surface area contributed by atoms with E-state index in [1.165, 1.54) is 264 Å². The minimum atomic E-state index is 0.637. The minimum Gasteiger partial charge on any atom is -0.356 e. The van der Waals surface area contributed by atoms with Crippen molar-refractivity contribution in [1.82, 2.24) is 9.80 Å². The van der Waals surface area contributed by atoms with E-state index >= 15 is 0 Å². The maximum absolute atomic E-state index is 2.73. The lowest BCUT2D eigenvalue weighted by Gasteiger charge is -2.33. The Morgan fingerprint density at radius 2 is 0.469 bits per heavy atom. The zero-order valence-electron chi connectivity index (χ0n) is 34.6. The van der Waals surface area contributed by atoms with Gasteiger partial charge in [0.25, 0.3) is 0 Å². The maximum Gasteiger partial charge on any atom is 0.101 e. The molecule has 1 aliphatic heterocycles. The molecule has 2 nitrogen and oxygen atoms in total. The molecule has 0 aromatic rings. The quantitative estimate of drug-likeness (QED) is 0.0591. The summed E-state index contributed by atoms with van der Waals surface area (Å²) in [6, 6.07) is 0. The van der Waals surface area contributed by atoms with Gasteiger partial charge in [-0.3, -0.25) is 0 Å². The van der Waals surface area contributed by atoms with E-state index in [2.05, 4.69) is 43.0 Å². The first-order chi connectivity index (χ1) is 24.3. The van der Waals surface area contributed by atoms with Crippen molar-refractivity contribution >= 4 is 0 Å². The van der Waals surface area contributed by atoms with Crippen molar-refractivity contribution in [2.45, 2.75) is 277 Å². The molecule has 0 aromatic carbocycles. The molecule has 49 heavy (non-hydrogen) atoms. The number of nitrogens with zero attached hydrogens (tertiary/aromatic N) is 2. The third kappa shape index (κ3) is 30.7. The summed E-state index contributed by atoms with van der Waals surface area (Å²) in [5.74, 6) is 0. The van der Waals surface area contributed by atoms with E-state index in [-0.39, 0.29) is 0 Å². The standard InChI is InChI=1S/C47H94N2/c1-4-7-10-13-16-19-22-24-25-26-27-30-33-36-39-42-47-48(43-40-37-34-31-28-21-18-15-12-9-6-3)45-46-49(47)44-41-38-35-32-29-23-20-17-14-11-8-5-2/h45-47H,4-44H2,1-3H3. The van der Waals surface area contributed by atoms with Crippen LogP contribution in [0, 0.1) is 0 Å². The van der Waals surface area contributed by atoms with Gasteiger partial charge in [0.15, 0.2) is 0 Å². The molecule has 1 rings (SSSR count). The SMILES string of the molecule is CCCCCCCCCCCCCCCCCC1N(CCCCCCCCCCCCC)C=CN1CCCCCCCCCCCCCC. The fraction of sp³-hybridized carbons (Fsp3) is 0.957. The molecular weight excluding hydrogens is 593 g/mol. The lowest BCUT2D eigenvalue weighted by atomic mass is 10.0. The summed E-state index contributed by atoms with van der Waals surface area (Å²) in [7, 11) is 0. The molecule has 0 bridgehead atoms. The predicted molar refractivity (Wildman–Crippen MR) is 223 cm³/mol. The average Bonchev–Trinajstić information content (AvgIpc) is 3.50. The van der Waals surface area contributed by atoms with Crippen LogP contribution in [0.2, 0.25) is 0 Å². The Hall–Kier alpha value is -0.660. The van der Waals surface area contributed by atoms with Crippen molar-refractivity contribution in [3.63, 3.8) is 0 Å². The lowest BCUT2D eigenvalue weighted by molar-refractivity contribution is 0.135.